The van der Waals surface area contributed by atoms with Crippen molar-refractivity contribution in [3.05, 3.63) is 30.1 Å². The van der Waals surface area contributed by atoms with Crippen molar-refractivity contribution in [2.75, 3.05) is 0 Å². The van der Waals surface area contributed by atoms with Gasteiger partial charge in [0.05, 0.1) is 11.9 Å². The van der Waals surface area contributed by atoms with Gasteiger partial charge in [0.1, 0.15) is 5.69 Å². The van der Waals surface area contributed by atoms with Gasteiger partial charge >= 0.3 is 0 Å². The molecule has 2 aromatic heterocycles. The van der Waals surface area contributed by atoms with Gasteiger partial charge in [-0.15, -0.1) is 0 Å². The highest BCUT2D eigenvalue weighted by atomic mass is 15.4. The minimum absolute atomic E-state index is 0.508. The second-order valence-corrected chi connectivity index (χ2v) is 2.98. The quantitative estimate of drug-likeness (QED) is 0.739. The van der Waals surface area contributed by atoms with Crippen molar-refractivity contribution in [3.8, 4) is 11.4 Å². The molecule has 0 aliphatic carbocycles. The number of hydrogen-bond acceptors (Lipinski definition) is 4. The standard InChI is InChI=1S/C9H11N5/c1-14-12-6-9(13-14)8-3-2-7(4-10)5-11-8/h2-3,5-6H,4,10H2,1H3. The van der Waals surface area contributed by atoms with E-state index in [0.29, 0.717) is 6.54 Å². The molecule has 2 heterocycles. The number of hydrogen-bond donors (Lipinski definition) is 1. The van der Waals surface area contributed by atoms with E-state index < -0.39 is 0 Å². The molecule has 0 fully saturated rings. The van der Waals surface area contributed by atoms with Crippen LogP contribution in [-0.4, -0.2) is 20.0 Å². The van der Waals surface area contributed by atoms with Crippen LogP contribution >= 0.6 is 0 Å². The molecule has 0 aliphatic rings. The topological polar surface area (TPSA) is 69.6 Å². The van der Waals surface area contributed by atoms with E-state index in [-0.39, 0.29) is 0 Å². The fourth-order valence-electron chi connectivity index (χ4n) is 1.16. The van der Waals surface area contributed by atoms with Gasteiger partial charge in [-0.3, -0.25) is 4.98 Å². The summed E-state index contributed by atoms with van der Waals surface area (Å²) in [4.78, 5) is 5.75. The summed E-state index contributed by atoms with van der Waals surface area (Å²) < 4.78 is 0. The Hall–Kier alpha value is -1.75. The Bertz CT molecular complexity index is 417. The minimum Gasteiger partial charge on any atom is -0.326 e. The molecule has 0 saturated heterocycles. The molecule has 0 unspecified atom stereocenters. The van der Waals surface area contributed by atoms with Crippen LogP contribution in [0.15, 0.2) is 24.5 Å². The lowest BCUT2D eigenvalue weighted by Crippen LogP contribution is -1.97. The summed E-state index contributed by atoms with van der Waals surface area (Å²) in [6.07, 6.45) is 3.44. The van der Waals surface area contributed by atoms with Gasteiger partial charge in [-0.25, -0.2) is 0 Å². The fraction of sp³-hybridized carbons (Fsp3) is 0.222. The van der Waals surface area contributed by atoms with Gasteiger partial charge in [0, 0.05) is 19.8 Å². The third kappa shape index (κ3) is 1.62. The summed E-state index contributed by atoms with van der Waals surface area (Å²) >= 11 is 0. The summed E-state index contributed by atoms with van der Waals surface area (Å²) in [7, 11) is 1.78. The van der Waals surface area contributed by atoms with Crippen molar-refractivity contribution in [1.29, 1.82) is 0 Å². The number of nitrogens with two attached hydrogens (primary N) is 1. The van der Waals surface area contributed by atoms with E-state index in [1.807, 2.05) is 12.1 Å². The maximum Gasteiger partial charge on any atom is 0.131 e. The van der Waals surface area contributed by atoms with Gasteiger partial charge in [-0.1, -0.05) is 6.07 Å². The van der Waals surface area contributed by atoms with Gasteiger partial charge in [0.2, 0.25) is 0 Å². The predicted molar refractivity (Wildman–Crippen MR) is 52.1 cm³/mol. The molecule has 5 nitrogen and oxygen atoms in total. The molecule has 0 bridgehead atoms. The first kappa shape index (κ1) is 8.83. The van der Waals surface area contributed by atoms with E-state index in [0.717, 1.165) is 17.0 Å². The number of nitrogens with zero attached hydrogens (tertiary/aromatic N) is 4. The van der Waals surface area contributed by atoms with Crippen LogP contribution < -0.4 is 5.73 Å². The Morgan fingerprint density at radius 1 is 1.29 bits per heavy atom. The molecule has 72 valence electrons. The van der Waals surface area contributed by atoms with Crippen molar-refractivity contribution in [1.82, 2.24) is 20.0 Å². The fourth-order valence-corrected chi connectivity index (χ4v) is 1.16. The molecule has 0 amide bonds. The Kier molecular flexibility index (Phi) is 2.24. The number of aryl methyl sites for hydroxylation is 1. The largest absolute Gasteiger partial charge is 0.326 e. The highest BCUT2D eigenvalue weighted by Gasteiger charge is 2.02. The summed E-state index contributed by atoms with van der Waals surface area (Å²) in [5.74, 6) is 0. The molecule has 2 rings (SSSR count). The molecule has 0 aromatic carbocycles. The van der Waals surface area contributed by atoms with E-state index in [2.05, 4.69) is 15.2 Å². The third-order valence-corrected chi connectivity index (χ3v) is 1.92. The van der Waals surface area contributed by atoms with Crippen LogP contribution in [0.1, 0.15) is 5.56 Å². The monoisotopic (exact) mass is 189 g/mol. The van der Waals surface area contributed by atoms with E-state index >= 15 is 0 Å². The zero-order chi connectivity index (χ0) is 9.97. The first-order valence-corrected chi connectivity index (χ1v) is 4.31. The SMILES string of the molecule is Cn1ncc(-c2ccc(CN)cn2)n1. The maximum atomic E-state index is 5.47. The second kappa shape index (κ2) is 3.55. The van der Waals surface area contributed by atoms with Crippen LogP contribution in [0.3, 0.4) is 0 Å². The molecule has 0 saturated carbocycles. The highest BCUT2D eigenvalue weighted by molar-refractivity contribution is 5.51. The van der Waals surface area contributed by atoms with Crippen LogP contribution in [0.5, 0.6) is 0 Å². The maximum absolute atomic E-state index is 5.47. The molecule has 14 heavy (non-hydrogen) atoms. The van der Waals surface area contributed by atoms with Crippen molar-refractivity contribution in [2.45, 2.75) is 6.54 Å². The molecule has 0 spiro atoms. The minimum atomic E-state index is 0.508. The average molecular weight is 189 g/mol. The van der Waals surface area contributed by atoms with Gasteiger partial charge in [0.15, 0.2) is 0 Å². The summed E-state index contributed by atoms with van der Waals surface area (Å²) in [5.41, 5.74) is 8.07. The molecular formula is C9H11N5. The van der Waals surface area contributed by atoms with Crippen LogP contribution in [0.2, 0.25) is 0 Å². The molecular weight excluding hydrogens is 178 g/mol. The third-order valence-electron chi connectivity index (χ3n) is 1.92. The van der Waals surface area contributed by atoms with Gasteiger partial charge < -0.3 is 5.73 Å². The lowest BCUT2D eigenvalue weighted by Gasteiger charge is -1.97. The van der Waals surface area contributed by atoms with Crippen molar-refractivity contribution in [3.63, 3.8) is 0 Å². The predicted octanol–water partition coefficient (Wildman–Crippen LogP) is 0.336. The first-order chi connectivity index (χ1) is 6.79. The molecule has 5 heteroatoms. The van der Waals surface area contributed by atoms with Crippen molar-refractivity contribution in [2.24, 2.45) is 12.8 Å². The van der Waals surface area contributed by atoms with Gasteiger partial charge in [-0.2, -0.15) is 15.0 Å². The molecule has 0 atom stereocenters. The van der Waals surface area contributed by atoms with Gasteiger partial charge in [-0.05, 0) is 11.6 Å². The van der Waals surface area contributed by atoms with E-state index in [9.17, 15) is 0 Å². The zero-order valence-corrected chi connectivity index (χ0v) is 7.88. The van der Waals surface area contributed by atoms with E-state index in [1.54, 1.807) is 19.4 Å². The number of aromatic nitrogens is 4. The van der Waals surface area contributed by atoms with Crippen LogP contribution in [0, 0.1) is 0 Å². The number of rotatable bonds is 2. The number of pyridine rings is 1. The summed E-state index contributed by atoms with van der Waals surface area (Å²) in [6.45, 7) is 0.508. The molecule has 2 aromatic rings. The van der Waals surface area contributed by atoms with E-state index in [1.165, 1.54) is 4.80 Å². The Morgan fingerprint density at radius 2 is 2.14 bits per heavy atom. The Balaban J connectivity index is 2.33. The normalized spacial score (nSPS) is 10.4. The van der Waals surface area contributed by atoms with Crippen LogP contribution in [-0.2, 0) is 13.6 Å². The molecule has 2 N–H and O–H groups in total. The summed E-state index contributed by atoms with van der Waals surface area (Å²) in [5, 5.41) is 8.12. The highest BCUT2D eigenvalue weighted by Crippen LogP contribution is 2.12. The lowest BCUT2D eigenvalue weighted by molar-refractivity contribution is 0.655. The van der Waals surface area contributed by atoms with Crippen LogP contribution in [0.4, 0.5) is 0 Å². The summed E-state index contributed by atoms with van der Waals surface area (Å²) in [6, 6.07) is 3.84. The van der Waals surface area contributed by atoms with Crippen LogP contribution in [0.25, 0.3) is 11.4 Å². The Morgan fingerprint density at radius 3 is 2.64 bits per heavy atom. The smallest absolute Gasteiger partial charge is 0.131 e. The average Bonchev–Trinajstić information content (AvgIpc) is 2.65. The lowest BCUT2D eigenvalue weighted by atomic mass is 10.2. The second-order valence-electron chi connectivity index (χ2n) is 2.98. The van der Waals surface area contributed by atoms with Crippen molar-refractivity contribution >= 4 is 0 Å². The molecule has 0 radical (unpaired) electrons. The van der Waals surface area contributed by atoms with E-state index in [4.69, 9.17) is 5.73 Å². The van der Waals surface area contributed by atoms with Crippen molar-refractivity contribution < 1.29 is 0 Å². The first-order valence-electron chi connectivity index (χ1n) is 4.31. The Labute approximate surface area is 81.6 Å². The zero-order valence-electron chi connectivity index (χ0n) is 7.88. The molecule has 0 aliphatic heterocycles. The van der Waals surface area contributed by atoms with Gasteiger partial charge in [0.25, 0.3) is 0 Å².